The molecule has 1 N–H and O–H groups in total. The molecular weight excluding hydrogens is 310 g/mol. The fraction of sp³-hybridized carbons (Fsp3) is 0.500. The van der Waals surface area contributed by atoms with Gasteiger partial charge in [-0.15, -0.1) is 0 Å². The number of carbonyl (C=O) groups is 1. The van der Waals surface area contributed by atoms with E-state index in [-0.39, 0.29) is 12.0 Å². The summed E-state index contributed by atoms with van der Waals surface area (Å²) in [5, 5.41) is 3.19. The molecule has 1 rings (SSSR count). The van der Waals surface area contributed by atoms with E-state index < -0.39 is 0 Å². The van der Waals surface area contributed by atoms with E-state index in [0.717, 1.165) is 35.2 Å². The third-order valence-corrected chi connectivity index (χ3v) is 3.48. The zero-order valence-corrected chi connectivity index (χ0v) is 13.1. The molecule has 19 heavy (non-hydrogen) atoms. The van der Waals surface area contributed by atoms with E-state index in [1.807, 2.05) is 18.2 Å². The van der Waals surface area contributed by atoms with Gasteiger partial charge in [0.2, 0.25) is 0 Å². The maximum Gasteiger partial charge on any atom is 0.328 e. The second-order valence-corrected chi connectivity index (χ2v) is 5.07. The molecule has 1 aromatic carbocycles. The summed E-state index contributed by atoms with van der Waals surface area (Å²) >= 11 is 3.40. The Morgan fingerprint density at radius 3 is 2.74 bits per heavy atom. The molecule has 0 heterocycles. The largest absolute Gasteiger partial charge is 0.495 e. The van der Waals surface area contributed by atoms with Gasteiger partial charge in [0, 0.05) is 11.8 Å². The second-order valence-electron chi connectivity index (χ2n) is 4.21. The van der Waals surface area contributed by atoms with Crippen molar-refractivity contribution in [2.24, 2.45) is 0 Å². The molecule has 106 valence electrons. The molecule has 0 amide bonds. The summed E-state index contributed by atoms with van der Waals surface area (Å²) in [4.78, 5) is 11.7. The first-order valence-electron chi connectivity index (χ1n) is 6.30. The molecule has 0 spiro atoms. The summed E-state index contributed by atoms with van der Waals surface area (Å²) in [7, 11) is 3.02. The second kappa shape index (κ2) is 8.04. The first-order valence-corrected chi connectivity index (χ1v) is 7.09. The average Bonchev–Trinajstić information content (AvgIpc) is 2.44. The van der Waals surface area contributed by atoms with Crippen LogP contribution in [0, 0.1) is 0 Å². The van der Waals surface area contributed by atoms with Crippen molar-refractivity contribution in [3.8, 4) is 5.75 Å². The van der Waals surface area contributed by atoms with Crippen LogP contribution in [-0.2, 0) is 9.53 Å². The highest BCUT2D eigenvalue weighted by Gasteiger charge is 2.18. The summed E-state index contributed by atoms with van der Waals surface area (Å²) in [6.45, 7) is 2.09. The van der Waals surface area contributed by atoms with E-state index in [4.69, 9.17) is 9.47 Å². The van der Waals surface area contributed by atoms with E-state index in [0.29, 0.717) is 0 Å². The molecule has 0 saturated heterocycles. The van der Waals surface area contributed by atoms with Crippen LogP contribution in [0.2, 0.25) is 0 Å². The Morgan fingerprint density at radius 1 is 1.42 bits per heavy atom. The molecule has 5 heteroatoms. The quantitative estimate of drug-likeness (QED) is 0.776. The first-order chi connectivity index (χ1) is 9.12. The van der Waals surface area contributed by atoms with E-state index in [9.17, 15) is 4.79 Å². The number of halogens is 1. The fourth-order valence-electron chi connectivity index (χ4n) is 1.75. The molecule has 1 atom stereocenters. The molecule has 0 aliphatic rings. The summed E-state index contributed by atoms with van der Waals surface area (Å²) in [5.74, 6) is 0.486. The van der Waals surface area contributed by atoms with Gasteiger partial charge in [0.1, 0.15) is 11.8 Å². The molecule has 1 aromatic rings. The van der Waals surface area contributed by atoms with Gasteiger partial charge >= 0.3 is 5.97 Å². The minimum atomic E-state index is -0.323. The number of ether oxygens (including phenoxy) is 2. The van der Waals surface area contributed by atoms with Gasteiger partial charge < -0.3 is 14.8 Å². The van der Waals surface area contributed by atoms with Crippen LogP contribution in [0.5, 0.6) is 5.75 Å². The lowest BCUT2D eigenvalue weighted by Crippen LogP contribution is -2.30. The Morgan fingerprint density at radius 2 is 2.16 bits per heavy atom. The Hall–Kier alpha value is -1.23. The number of hydrogen-bond donors (Lipinski definition) is 1. The zero-order valence-electron chi connectivity index (χ0n) is 11.5. The number of benzene rings is 1. The van der Waals surface area contributed by atoms with Crippen molar-refractivity contribution >= 4 is 27.6 Å². The first kappa shape index (κ1) is 15.8. The van der Waals surface area contributed by atoms with Crippen molar-refractivity contribution in [1.29, 1.82) is 0 Å². The van der Waals surface area contributed by atoms with Gasteiger partial charge in [0.15, 0.2) is 0 Å². The summed E-state index contributed by atoms with van der Waals surface area (Å²) in [6.07, 6.45) is 2.76. The topological polar surface area (TPSA) is 47.6 Å². The zero-order chi connectivity index (χ0) is 14.3. The van der Waals surface area contributed by atoms with Gasteiger partial charge in [-0.25, -0.2) is 4.79 Å². The number of carbonyl (C=O) groups excluding carboxylic acids is 1. The van der Waals surface area contributed by atoms with Gasteiger partial charge in [-0.05, 0) is 34.5 Å². The minimum absolute atomic E-state index is 0.240. The van der Waals surface area contributed by atoms with Gasteiger partial charge in [0.05, 0.1) is 18.7 Å². The Kier molecular flexibility index (Phi) is 6.70. The van der Waals surface area contributed by atoms with Crippen molar-refractivity contribution in [3.63, 3.8) is 0 Å². The predicted molar refractivity (Wildman–Crippen MR) is 79.6 cm³/mol. The van der Waals surface area contributed by atoms with Crippen LogP contribution in [0.1, 0.15) is 26.2 Å². The molecule has 0 saturated carbocycles. The SMILES string of the molecule is CCCCC(Nc1ccc(Br)c(OC)c1)C(=O)OC. The van der Waals surface area contributed by atoms with Gasteiger partial charge in [-0.2, -0.15) is 0 Å². The van der Waals surface area contributed by atoms with Crippen LogP contribution in [0.25, 0.3) is 0 Å². The number of methoxy groups -OCH3 is 2. The number of hydrogen-bond acceptors (Lipinski definition) is 4. The predicted octanol–water partition coefficient (Wildman–Crippen LogP) is 3.60. The van der Waals surface area contributed by atoms with E-state index in [1.165, 1.54) is 7.11 Å². The van der Waals surface area contributed by atoms with E-state index >= 15 is 0 Å². The highest BCUT2D eigenvalue weighted by Crippen LogP contribution is 2.28. The number of anilines is 1. The lowest BCUT2D eigenvalue weighted by atomic mass is 10.1. The highest BCUT2D eigenvalue weighted by molar-refractivity contribution is 9.10. The summed E-state index contributed by atoms with van der Waals surface area (Å²) in [6, 6.07) is 5.31. The fourth-order valence-corrected chi connectivity index (χ4v) is 2.16. The lowest BCUT2D eigenvalue weighted by Gasteiger charge is -2.18. The van der Waals surface area contributed by atoms with Gasteiger partial charge in [-0.3, -0.25) is 0 Å². The number of nitrogens with one attached hydrogen (secondary N) is 1. The number of rotatable bonds is 7. The average molecular weight is 330 g/mol. The molecule has 0 radical (unpaired) electrons. The van der Waals surface area contributed by atoms with E-state index in [2.05, 4.69) is 28.2 Å². The van der Waals surface area contributed by atoms with Gasteiger partial charge in [-0.1, -0.05) is 19.8 Å². The van der Waals surface area contributed by atoms with Crippen LogP contribution < -0.4 is 10.1 Å². The molecule has 0 bridgehead atoms. The van der Waals surface area contributed by atoms with Crippen molar-refractivity contribution < 1.29 is 14.3 Å². The van der Waals surface area contributed by atoms with Crippen molar-refractivity contribution in [2.45, 2.75) is 32.2 Å². The van der Waals surface area contributed by atoms with Crippen LogP contribution in [0.3, 0.4) is 0 Å². The molecule has 0 aliphatic carbocycles. The Bertz CT molecular complexity index is 423. The molecular formula is C14H20BrNO3. The van der Waals surface area contributed by atoms with Crippen molar-refractivity contribution in [3.05, 3.63) is 22.7 Å². The van der Waals surface area contributed by atoms with E-state index in [1.54, 1.807) is 7.11 Å². The standard InChI is InChI=1S/C14H20BrNO3/c1-4-5-6-12(14(17)19-3)16-10-7-8-11(15)13(9-10)18-2/h7-9,12,16H,4-6H2,1-3H3. The molecule has 0 aromatic heterocycles. The molecule has 0 fully saturated rings. The molecule has 4 nitrogen and oxygen atoms in total. The Labute approximate surface area is 122 Å². The normalized spacial score (nSPS) is 11.8. The van der Waals surface area contributed by atoms with Crippen LogP contribution in [0.4, 0.5) is 5.69 Å². The third-order valence-electron chi connectivity index (χ3n) is 2.82. The van der Waals surface area contributed by atoms with Crippen LogP contribution in [-0.4, -0.2) is 26.2 Å². The van der Waals surface area contributed by atoms with Gasteiger partial charge in [0.25, 0.3) is 0 Å². The Balaban J connectivity index is 2.80. The number of esters is 1. The smallest absolute Gasteiger partial charge is 0.328 e. The summed E-state index contributed by atoms with van der Waals surface area (Å²) < 4.78 is 10.9. The highest BCUT2D eigenvalue weighted by atomic mass is 79.9. The molecule has 0 aliphatic heterocycles. The van der Waals surface area contributed by atoms with Crippen LogP contribution in [0.15, 0.2) is 22.7 Å². The maximum atomic E-state index is 11.7. The molecule has 1 unspecified atom stereocenters. The van der Waals surface area contributed by atoms with Crippen molar-refractivity contribution in [2.75, 3.05) is 19.5 Å². The third kappa shape index (κ3) is 4.74. The monoisotopic (exact) mass is 329 g/mol. The minimum Gasteiger partial charge on any atom is -0.495 e. The van der Waals surface area contributed by atoms with Crippen LogP contribution >= 0.6 is 15.9 Å². The maximum absolute atomic E-state index is 11.7. The lowest BCUT2D eigenvalue weighted by molar-refractivity contribution is -0.141. The summed E-state index contributed by atoms with van der Waals surface area (Å²) in [5.41, 5.74) is 0.839. The number of unbranched alkanes of at least 4 members (excludes halogenated alkanes) is 1. The van der Waals surface area contributed by atoms with Crippen molar-refractivity contribution in [1.82, 2.24) is 0 Å².